The highest BCUT2D eigenvalue weighted by atomic mass is 35.5. The molecular formula is C30H35Cl2N3O5S. The van der Waals surface area contributed by atoms with E-state index in [0.29, 0.717) is 27.9 Å². The molecule has 3 aromatic carbocycles. The van der Waals surface area contributed by atoms with Gasteiger partial charge in [-0.1, -0.05) is 73.8 Å². The lowest BCUT2D eigenvalue weighted by Gasteiger charge is -2.33. The molecule has 0 aliphatic rings. The van der Waals surface area contributed by atoms with Crippen molar-refractivity contribution in [3.8, 4) is 5.75 Å². The van der Waals surface area contributed by atoms with E-state index in [9.17, 15) is 18.0 Å². The minimum Gasteiger partial charge on any atom is -0.497 e. The summed E-state index contributed by atoms with van der Waals surface area (Å²) in [4.78, 5) is 28.8. The Morgan fingerprint density at radius 1 is 0.951 bits per heavy atom. The van der Waals surface area contributed by atoms with E-state index in [4.69, 9.17) is 27.9 Å². The first-order chi connectivity index (χ1) is 19.6. The molecule has 0 heterocycles. The van der Waals surface area contributed by atoms with Crippen LogP contribution in [0.4, 0.5) is 5.69 Å². The molecule has 8 nitrogen and oxygen atoms in total. The van der Waals surface area contributed by atoms with Gasteiger partial charge in [0.25, 0.3) is 10.0 Å². The number of rotatable bonds is 14. The first-order valence-corrected chi connectivity index (χ1v) is 15.6. The van der Waals surface area contributed by atoms with Gasteiger partial charge >= 0.3 is 0 Å². The molecule has 11 heteroatoms. The minimum atomic E-state index is -4.19. The number of hydrogen-bond acceptors (Lipinski definition) is 5. The summed E-state index contributed by atoms with van der Waals surface area (Å²) in [5, 5.41) is 3.56. The second-order valence-corrected chi connectivity index (χ2v) is 12.0. The van der Waals surface area contributed by atoms with E-state index in [0.717, 1.165) is 17.1 Å². The highest BCUT2D eigenvalue weighted by molar-refractivity contribution is 7.92. The maximum atomic E-state index is 14.1. The Bertz CT molecular complexity index is 1420. The van der Waals surface area contributed by atoms with E-state index >= 15 is 0 Å². The second-order valence-electron chi connectivity index (χ2n) is 9.32. The lowest BCUT2D eigenvalue weighted by atomic mass is 10.1. The smallest absolute Gasteiger partial charge is 0.264 e. The number of benzene rings is 3. The Labute approximate surface area is 252 Å². The lowest BCUT2D eigenvalue weighted by molar-refractivity contribution is -0.140. The van der Waals surface area contributed by atoms with Crippen LogP contribution >= 0.6 is 23.2 Å². The quantitative estimate of drug-likeness (QED) is 0.226. The maximum Gasteiger partial charge on any atom is 0.264 e. The number of sulfonamides is 1. The van der Waals surface area contributed by atoms with Gasteiger partial charge in [0.05, 0.1) is 17.7 Å². The van der Waals surface area contributed by atoms with E-state index < -0.39 is 28.5 Å². The van der Waals surface area contributed by atoms with Crippen molar-refractivity contribution in [3.05, 3.63) is 88.4 Å². The van der Waals surface area contributed by atoms with Crippen LogP contribution in [0, 0.1) is 0 Å². The third-order valence-corrected chi connectivity index (χ3v) is 9.05. The molecule has 0 saturated carbocycles. The van der Waals surface area contributed by atoms with Crippen LogP contribution in [0.2, 0.25) is 10.0 Å². The van der Waals surface area contributed by atoms with Gasteiger partial charge in [0.15, 0.2) is 0 Å². The fourth-order valence-corrected chi connectivity index (χ4v) is 6.24. The molecule has 0 radical (unpaired) electrons. The highest BCUT2D eigenvalue weighted by Crippen LogP contribution is 2.30. The van der Waals surface area contributed by atoms with E-state index in [2.05, 4.69) is 5.32 Å². The molecule has 3 aromatic rings. The first-order valence-electron chi connectivity index (χ1n) is 13.4. The molecule has 0 fully saturated rings. The van der Waals surface area contributed by atoms with Crippen molar-refractivity contribution in [1.82, 2.24) is 10.2 Å². The van der Waals surface area contributed by atoms with Crippen LogP contribution in [0.5, 0.6) is 5.75 Å². The van der Waals surface area contributed by atoms with Crippen LogP contribution in [-0.4, -0.2) is 51.4 Å². The molecule has 0 aliphatic carbocycles. The van der Waals surface area contributed by atoms with E-state index in [-0.39, 0.29) is 29.5 Å². The number of carbonyl (C=O) groups is 2. The van der Waals surface area contributed by atoms with Gasteiger partial charge in [-0.2, -0.15) is 0 Å². The van der Waals surface area contributed by atoms with Crippen molar-refractivity contribution < 1.29 is 22.7 Å². The van der Waals surface area contributed by atoms with Gasteiger partial charge < -0.3 is 15.0 Å². The molecule has 1 N–H and O–H groups in total. The lowest BCUT2D eigenvalue weighted by Crippen LogP contribution is -2.52. The van der Waals surface area contributed by atoms with Crippen molar-refractivity contribution in [2.75, 3.05) is 24.5 Å². The summed E-state index contributed by atoms with van der Waals surface area (Å²) in [7, 11) is -2.72. The van der Waals surface area contributed by atoms with Crippen LogP contribution in [0.3, 0.4) is 0 Å². The van der Waals surface area contributed by atoms with E-state index in [1.807, 2.05) is 6.92 Å². The number of halogens is 2. The zero-order valence-electron chi connectivity index (χ0n) is 23.3. The predicted molar refractivity (Wildman–Crippen MR) is 163 cm³/mol. The van der Waals surface area contributed by atoms with E-state index in [1.165, 1.54) is 30.2 Å². The summed E-state index contributed by atoms with van der Waals surface area (Å²) in [5.74, 6) is -0.512. The van der Waals surface area contributed by atoms with Gasteiger partial charge in [0.1, 0.15) is 18.3 Å². The Morgan fingerprint density at radius 3 is 2.22 bits per heavy atom. The number of ether oxygens (including phenoxy) is 1. The normalized spacial score (nSPS) is 11.9. The number of anilines is 1. The number of hydrogen-bond donors (Lipinski definition) is 1. The summed E-state index contributed by atoms with van der Waals surface area (Å²) in [6.07, 6.45) is 1.96. The Kier molecular flexibility index (Phi) is 11.9. The standard InChI is InChI=1S/C30H35Cl2N3O5S/c1-4-6-18-33-30(37)28(5-2)34(20-25-26(31)16-11-17-27(25)32)29(36)21-35(22-12-10-13-23(19-22)40-3)41(38,39)24-14-8-7-9-15-24/h7-17,19,28H,4-6,18,20-21H2,1-3H3,(H,33,37)/t28-/m1/s1. The summed E-state index contributed by atoms with van der Waals surface area (Å²) in [6.45, 7) is 3.59. The molecule has 1 atom stereocenters. The zero-order valence-corrected chi connectivity index (χ0v) is 25.7. The SMILES string of the molecule is CCCCNC(=O)[C@@H](CC)N(Cc1c(Cl)cccc1Cl)C(=O)CN(c1cccc(OC)c1)S(=O)(=O)c1ccccc1. The fraction of sp³-hybridized carbons (Fsp3) is 0.333. The van der Waals surface area contributed by atoms with Gasteiger partial charge in [-0.25, -0.2) is 8.42 Å². The van der Waals surface area contributed by atoms with E-state index in [1.54, 1.807) is 61.5 Å². The number of unbranched alkanes of at least 4 members (excludes halogenated alkanes) is 1. The summed E-state index contributed by atoms with van der Waals surface area (Å²) < 4.78 is 34.1. The van der Waals surface area contributed by atoms with Crippen molar-refractivity contribution in [2.45, 2.75) is 50.6 Å². The highest BCUT2D eigenvalue weighted by Gasteiger charge is 2.34. The monoisotopic (exact) mass is 619 g/mol. The van der Waals surface area contributed by atoms with Crippen LogP contribution in [0.1, 0.15) is 38.7 Å². The van der Waals surface area contributed by atoms with Gasteiger partial charge in [-0.05, 0) is 49.2 Å². The van der Waals surface area contributed by atoms with Crippen LogP contribution in [-0.2, 0) is 26.2 Å². The van der Waals surface area contributed by atoms with Crippen molar-refractivity contribution in [2.24, 2.45) is 0 Å². The fourth-order valence-electron chi connectivity index (χ4n) is 4.29. The Hall–Kier alpha value is -3.27. The second kappa shape index (κ2) is 15.1. The average molecular weight is 621 g/mol. The van der Waals surface area contributed by atoms with Gasteiger partial charge in [0, 0.05) is 34.8 Å². The van der Waals surface area contributed by atoms with Gasteiger partial charge in [-0.3, -0.25) is 13.9 Å². The third-order valence-electron chi connectivity index (χ3n) is 6.56. The number of carbonyl (C=O) groups excluding carboxylic acids is 2. The minimum absolute atomic E-state index is 0.0145. The molecular weight excluding hydrogens is 585 g/mol. The van der Waals surface area contributed by atoms with Crippen LogP contribution in [0.15, 0.2) is 77.7 Å². The molecule has 0 bridgehead atoms. The number of methoxy groups -OCH3 is 1. The predicted octanol–water partition coefficient (Wildman–Crippen LogP) is 5.92. The Balaban J connectivity index is 2.08. The zero-order chi connectivity index (χ0) is 30.0. The molecule has 0 saturated heterocycles. The molecule has 0 aromatic heterocycles. The third kappa shape index (κ3) is 8.15. The first kappa shape index (κ1) is 32.2. The van der Waals surface area contributed by atoms with Crippen molar-refractivity contribution >= 4 is 50.7 Å². The largest absolute Gasteiger partial charge is 0.497 e. The summed E-state index contributed by atoms with van der Waals surface area (Å²) >= 11 is 12.9. The van der Waals surface area contributed by atoms with Crippen LogP contribution in [0.25, 0.3) is 0 Å². The topological polar surface area (TPSA) is 96.0 Å². The number of nitrogens with one attached hydrogen (secondary N) is 1. The molecule has 2 amide bonds. The maximum absolute atomic E-state index is 14.1. The van der Waals surface area contributed by atoms with Crippen molar-refractivity contribution in [1.29, 1.82) is 0 Å². The molecule has 3 rings (SSSR count). The molecule has 0 aliphatic heterocycles. The number of amides is 2. The molecule has 0 spiro atoms. The van der Waals surface area contributed by atoms with Gasteiger partial charge in [0.2, 0.25) is 11.8 Å². The number of nitrogens with zero attached hydrogens (tertiary/aromatic N) is 2. The van der Waals surface area contributed by atoms with Crippen molar-refractivity contribution in [3.63, 3.8) is 0 Å². The average Bonchev–Trinajstić information content (AvgIpc) is 2.97. The summed E-state index contributed by atoms with van der Waals surface area (Å²) in [6, 6.07) is 18.4. The molecule has 220 valence electrons. The molecule has 41 heavy (non-hydrogen) atoms. The van der Waals surface area contributed by atoms with Gasteiger partial charge in [-0.15, -0.1) is 0 Å². The Morgan fingerprint density at radius 2 is 1.61 bits per heavy atom. The van der Waals surface area contributed by atoms with Crippen LogP contribution < -0.4 is 14.4 Å². The molecule has 0 unspecified atom stereocenters. The summed E-state index contributed by atoms with van der Waals surface area (Å²) in [5.41, 5.74) is 0.695.